The Morgan fingerprint density at radius 3 is 2.63 bits per heavy atom. The number of hydrogen-bond acceptors (Lipinski definition) is 7. The first-order chi connectivity index (χ1) is 16.7. The molecule has 0 bridgehead atoms. The van der Waals surface area contributed by atoms with Crippen LogP contribution in [-0.2, 0) is 23.3 Å². The number of aromatic nitrogens is 5. The highest BCUT2D eigenvalue weighted by atomic mass is 32.1. The molecule has 1 aromatic carbocycles. The van der Waals surface area contributed by atoms with Gasteiger partial charge < -0.3 is 10.1 Å². The lowest BCUT2D eigenvalue weighted by molar-refractivity contribution is -0.119. The number of fused-ring (bicyclic) bond motifs is 1. The van der Waals surface area contributed by atoms with Crippen LogP contribution in [0.2, 0.25) is 0 Å². The number of nitrogens with one attached hydrogen (secondary N) is 1. The third-order valence-corrected chi connectivity index (χ3v) is 7.66. The van der Waals surface area contributed by atoms with Crippen LogP contribution in [0.25, 0.3) is 15.2 Å². The van der Waals surface area contributed by atoms with Crippen molar-refractivity contribution in [1.29, 1.82) is 0 Å². The summed E-state index contributed by atoms with van der Waals surface area (Å²) in [6.45, 7) is 3.84. The van der Waals surface area contributed by atoms with Crippen LogP contribution in [0.15, 0.2) is 40.2 Å². The highest BCUT2D eigenvalue weighted by Gasteiger charge is 2.39. The van der Waals surface area contributed by atoms with E-state index in [-0.39, 0.29) is 31.8 Å². The Kier molecular flexibility index (Phi) is 5.55. The molecule has 1 aliphatic rings. The molecule has 3 aromatic heterocycles. The van der Waals surface area contributed by atoms with E-state index in [0.717, 1.165) is 0 Å². The van der Waals surface area contributed by atoms with Crippen molar-refractivity contribution < 1.29 is 13.9 Å². The third kappa shape index (κ3) is 3.73. The number of aryl methyl sites for hydroxylation is 3. The summed E-state index contributed by atoms with van der Waals surface area (Å²) in [6, 6.07) is 4.22. The quantitative estimate of drug-likeness (QED) is 0.433. The van der Waals surface area contributed by atoms with Crippen molar-refractivity contribution in [3.8, 4) is 10.8 Å². The number of nitrogens with zero attached hydrogens (tertiary/aromatic N) is 5. The van der Waals surface area contributed by atoms with E-state index in [0.29, 0.717) is 32.1 Å². The van der Waals surface area contributed by atoms with E-state index >= 15 is 0 Å². The number of benzene rings is 1. The molecule has 4 heterocycles. The van der Waals surface area contributed by atoms with Crippen molar-refractivity contribution in [3.63, 3.8) is 0 Å². The zero-order valence-electron chi connectivity index (χ0n) is 19.4. The van der Waals surface area contributed by atoms with Gasteiger partial charge in [-0.25, -0.2) is 9.18 Å². The van der Waals surface area contributed by atoms with Crippen LogP contribution in [0.5, 0.6) is 5.75 Å². The number of halogens is 1. The van der Waals surface area contributed by atoms with Gasteiger partial charge >= 0.3 is 5.69 Å². The zero-order valence-corrected chi connectivity index (χ0v) is 20.2. The Morgan fingerprint density at radius 1 is 1.23 bits per heavy atom. The number of carbonyl (C=O) groups is 1. The summed E-state index contributed by atoms with van der Waals surface area (Å²) in [5.74, 6) is -0.130. The molecule has 0 aliphatic carbocycles. The summed E-state index contributed by atoms with van der Waals surface area (Å²) in [7, 11) is 1.50. The second kappa shape index (κ2) is 8.45. The first kappa shape index (κ1) is 23.0. The molecule has 5 rings (SSSR count). The van der Waals surface area contributed by atoms with Gasteiger partial charge in [-0.2, -0.15) is 10.2 Å². The summed E-state index contributed by atoms with van der Waals surface area (Å²) in [4.78, 5) is 41.4. The van der Waals surface area contributed by atoms with Crippen LogP contribution < -0.4 is 21.3 Å². The van der Waals surface area contributed by atoms with Gasteiger partial charge in [-0.05, 0) is 44.0 Å². The Hall–Kier alpha value is -3.80. The number of hydrogen-bond donors (Lipinski definition) is 1. The largest absolute Gasteiger partial charge is 0.496 e. The molecule has 4 aromatic rings. The molecule has 10 nitrogen and oxygen atoms in total. The van der Waals surface area contributed by atoms with E-state index in [1.54, 1.807) is 13.8 Å². The minimum Gasteiger partial charge on any atom is -0.496 e. The van der Waals surface area contributed by atoms with Crippen LogP contribution in [-0.4, -0.2) is 43.7 Å². The number of amides is 1. The summed E-state index contributed by atoms with van der Waals surface area (Å²) in [5, 5.41) is 12.1. The molecule has 35 heavy (non-hydrogen) atoms. The smallest absolute Gasteiger partial charge is 0.332 e. The molecule has 1 unspecified atom stereocenters. The molecule has 0 radical (unpaired) electrons. The molecular formula is C23H23FN6O4S. The maximum Gasteiger partial charge on any atom is 0.332 e. The van der Waals surface area contributed by atoms with Crippen LogP contribution >= 0.6 is 11.3 Å². The normalized spacial score (nSPS) is 17.8. The fourth-order valence-corrected chi connectivity index (χ4v) is 5.85. The van der Waals surface area contributed by atoms with Gasteiger partial charge in [0.25, 0.3) is 5.56 Å². The van der Waals surface area contributed by atoms with Crippen LogP contribution in [0, 0.1) is 12.7 Å². The van der Waals surface area contributed by atoms with Gasteiger partial charge in [0.15, 0.2) is 0 Å². The Labute approximate surface area is 202 Å². The fraction of sp³-hybridized carbons (Fsp3) is 0.348. The molecule has 0 saturated carbocycles. The first-order valence-electron chi connectivity index (χ1n) is 11.0. The first-order valence-corrected chi connectivity index (χ1v) is 11.8. The SMILES string of the molecule is COc1ccc(F)cc1CCn1c(=O)n(C2(C)CNC(=O)C2)c(=O)c2c(C)c(-n3nccn3)sc21. The molecule has 1 amide bonds. The number of thiophene rings is 1. The molecular weight excluding hydrogens is 475 g/mol. The number of rotatable bonds is 6. The van der Waals surface area contributed by atoms with Crippen molar-refractivity contribution in [2.45, 2.75) is 38.8 Å². The third-order valence-electron chi connectivity index (χ3n) is 6.38. The van der Waals surface area contributed by atoms with Gasteiger partial charge in [-0.15, -0.1) is 4.80 Å². The zero-order chi connectivity index (χ0) is 24.9. The molecule has 182 valence electrons. The predicted molar refractivity (Wildman–Crippen MR) is 128 cm³/mol. The number of ether oxygens (including phenoxy) is 1. The maximum absolute atomic E-state index is 13.9. The molecule has 1 saturated heterocycles. The Bertz CT molecular complexity index is 1570. The molecule has 1 atom stereocenters. The summed E-state index contributed by atoms with van der Waals surface area (Å²) >= 11 is 1.24. The molecule has 1 aliphatic heterocycles. The number of carbonyl (C=O) groups excluding carboxylic acids is 1. The van der Waals surface area contributed by atoms with Crippen molar-refractivity contribution in [1.82, 2.24) is 29.4 Å². The second-order valence-electron chi connectivity index (χ2n) is 8.76. The fourth-order valence-electron chi connectivity index (χ4n) is 4.61. The van der Waals surface area contributed by atoms with Gasteiger partial charge in [0.1, 0.15) is 21.4 Å². The highest BCUT2D eigenvalue weighted by Crippen LogP contribution is 2.32. The lowest BCUT2D eigenvalue weighted by atomic mass is 10.0. The van der Waals surface area contributed by atoms with Gasteiger partial charge in [0.2, 0.25) is 5.91 Å². The van der Waals surface area contributed by atoms with Crippen LogP contribution in [0.1, 0.15) is 24.5 Å². The lowest BCUT2D eigenvalue weighted by Crippen LogP contribution is -2.51. The average Bonchev–Trinajstić information content (AvgIpc) is 3.53. The van der Waals surface area contributed by atoms with Gasteiger partial charge in [-0.1, -0.05) is 11.3 Å². The predicted octanol–water partition coefficient (Wildman–Crippen LogP) is 1.74. The average molecular weight is 499 g/mol. The monoisotopic (exact) mass is 498 g/mol. The van der Waals surface area contributed by atoms with Gasteiger partial charge in [-0.3, -0.25) is 18.7 Å². The summed E-state index contributed by atoms with van der Waals surface area (Å²) in [5.41, 5.74) is -0.779. The summed E-state index contributed by atoms with van der Waals surface area (Å²) in [6.07, 6.45) is 3.36. The van der Waals surface area contributed by atoms with E-state index in [4.69, 9.17) is 4.74 Å². The summed E-state index contributed by atoms with van der Waals surface area (Å²) < 4.78 is 22.0. The van der Waals surface area contributed by atoms with Crippen molar-refractivity contribution in [2.75, 3.05) is 13.7 Å². The highest BCUT2D eigenvalue weighted by molar-refractivity contribution is 7.21. The maximum atomic E-state index is 13.9. The van der Waals surface area contributed by atoms with E-state index < -0.39 is 22.6 Å². The van der Waals surface area contributed by atoms with Gasteiger partial charge in [0, 0.05) is 18.7 Å². The molecule has 0 spiro atoms. The van der Waals surface area contributed by atoms with Gasteiger partial charge in [0.05, 0.1) is 36.8 Å². The van der Waals surface area contributed by atoms with Crippen molar-refractivity contribution in [2.24, 2.45) is 0 Å². The van der Waals surface area contributed by atoms with Crippen LogP contribution in [0.3, 0.4) is 0 Å². The Morgan fingerprint density at radius 2 is 1.97 bits per heavy atom. The van der Waals surface area contributed by atoms with E-state index in [1.165, 1.54) is 63.0 Å². The second-order valence-corrected chi connectivity index (χ2v) is 9.74. The van der Waals surface area contributed by atoms with Crippen LogP contribution in [0.4, 0.5) is 4.39 Å². The minimum absolute atomic E-state index is 0.0160. The molecule has 12 heteroatoms. The van der Waals surface area contributed by atoms with E-state index in [9.17, 15) is 18.8 Å². The van der Waals surface area contributed by atoms with E-state index in [2.05, 4.69) is 15.5 Å². The minimum atomic E-state index is -1.02. The molecule has 1 fully saturated rings. The topological polar surface area (TPSA) is 113 Å². The molecule has 1 N–H and O–H groups in total. The van der Waals surface area contributed by atoms with Crippen molar-refractivity contribution in [3.05, 3.63) is 68.4 Å². The lowest BCUT2D eigenvalue weighted by Gasteiger charge is -2.25. The standard InChI is InChI=1S/C23H23FN6O4S/c1-13-18-19(32)29(23(2)11-17(31)25-12-23)22(33)28(21(18)35-20(13)30-26-7-8-27-30)9-6-14-10-15(24)4-5-16(14)34-3/h4-5,7-8,10H,6,9,11-12H2,1-3H3,(H,25,31). The Balaban J connectivity index is 1.73. The van der Waals surface area contributed by atoms with E-state index in [1.807, 2.05) is 0 Å². The number of methoxy groups -OCH3 is 1. The van der Waals surface area contributed by atoms with Crippen molar-refractivity contribution >= 4 is 27.5 Å².